The number of ether oxygens (including phenoxy) is 3. The number of nitrogens with one attached hydrogen (secondary N) is 1. The molecule has 0 saturated carbocycles. The largest absolute Gasteiger partial charge is 0.465 e. The van der Waals surface area contributed by atoms with Gasteiger partial charge in [0.1, 0.15) is 5.60 Å². The summed E-state index contributed by atoms with van der Waals surface area (Å²) in [5.41, 5.74) is 7.00. The number of likely N-dealkylation sites (tertiary alicyclic amines) is 2. The van der Waals surface area contributed by atoms with Crippen LogP contribution in [0.4, 0.5) is 4.79 Å². The monoisotopic (exact) mass is 440 g/mol. The van der Waals surface area contributed by atoms with Gasteiger partial charge in [-0.15, -0.1) is 0 Å². The molecule has 0 aliphatic carbocycles. The first kappa shape index (κ1) is 25.2. The van der Waals surface area contributed by atoms with Crippen LogP contribution in [-0.2, 0) is 19.0 Å². The Morgan fingerprint density at radius 3 is 2.48 bits per heavy atom. The van der Waals surface area contributed by atoms with Crippen molar-refractivity contribution in [2.45, 2.75) is 57.7 Å². The number of nitrogens with zero attached hydrogens (tertiary/aromatic N) is 5. The fourth-order valence-electron chi connectivity index (χ4n) is 3.63. The summed E-state index contributed by atoms with van der Waals surface area (Å²) in [7, 11) is 0. The van der Waals surface area contributed by atoms with Crippen molar-refractivity contribution in [1.82, 2.24) is 15.1 Å². The maximum absolute atomic E-state index is 12.5. The van der Waals surface area contributed by atoms with E-state index in [9.17, 15) is 9.59 Å². The Bertz CT molecular complexity index is 647. The zero-order valence-corrected chi connectivity index (χ0v) is 19.1. The van der Waals surface area contributed by atoms with Gasteiger partial charge in [0, 0.05) is 24.0 Å². The average molecular weight is 441 g/mol. The molecule has 2 rings (SSSR count). The van der Waals surface area contributed by atoms with Crippen molar-refractivity contribution in [2.75, 3.05) is 59.1 Å². The SMILES string of the molecule is CCOC(=O)C1(NCCOCCN2CCC(N=[N+]=[N-])CC2)CN(C(=O)OC(C)(C)C)C1. The van der Waals surface area contributed by atoms with E-state index in [2.05, 4.69) is 20.2 Å². The minimum Gasteiger partial charge on any atom is -0.465 e. The van der Waals surface area contributed by atoms with Crippen molar-refractivity contribution in [1.29, 1.82) is 0 Å². The molecule has 11 nitrogen and oxygen atoms in total. The molecule has 0 spiro atoms. The van der Waals surface area contributed by atoms with Gasteiger partial charge in [-0.1, -0.05) is 5.11 Å². The summed E-state index contributed by atoms with van der Waals surface area (Å²) in [6.45, 7) is 12.0. The van der Waals surface area contributed by atoms with Crippen molar-refractivity contribution in [2.24, 2.45) is 5.11 Å². The number of carbonyl (C=O) groups excluding carboxylic acids is 2. The summed E-state index contributed by atoms with van der Waals surface area (Å²) >= 11 is 0. The van der Waals surface area contributed by atoms with Crippen LogP contribution in [0.2, 0.25) is 0 Å². The number of hydrogen-bond acceptors (Lipinski definition) is 8. The van der Waals surface area contributed by atoms with Crippen LogP contribution in [0, 0.1) is 0 Å². The molecule has 0 aromatic carbocycles. The summed E-state index contributed by atoms with van der Waals surface area (Å²) in [4.78, 5) is 31.3. The molecule has 2 heterocycles. The molecule has 2 aliphatic rings. The van der Waals surface area contributed by atoms with Gasteiger partial charge in [-0.05, 0) is 59.2 Å². The molecule has 0 unspecified atom stereocenters. The van der Waals surface area contributed by atoms with Crippen LogP contribution >= 0.6 is 0 Å². The van der Waals surface area contributed by atoms with Crippen molar-refractivity contribution >= 4 is 12.1 Å². The predicted octanol–water partition coefficient (Wildman–Crippen LogP) is 1.92. The van der Waals surface area contributed by atoms with Crippen molar-refractivity contribution in [3.8, 4) is 0 Å². The lowest BCUT2D eigenvalue weighted by atomic mass is 9.90. The van der Waals surface area contributed by atoms with Gasteiger partial charge in [-0.3, -0.25) is 5.32 Å². The Morgan fingerprint density at radius 1 is 1.23 bits per heavy atom. The van der Waals surface area contributed by atoms with Crippen LogP contribution in [0.5, 0.6) is 0 Å². The molecule has 0 aromatic rings. The Balaban J connectivity index is 1.68. The number of azide groups is 1. The number of esters is 1. The molecule has 2 aliphatic heterocycles. The van der Waals surface area contributed by atoms with Gasteiger partial charge < -0.3 is 24.0 Å². The van der Waals surface area contributed by atoms with E-state index in [1.54, 1.807) is 27.7 Å². The van der Waals surface area contributed by atoms with Crippen molar-refractivity contribution in [3.05, 3.63) is 10.4 Å². The number of amides is 1. The van der Waals surface area contributed by atoms with Gasteiger partial charge in [0.25, 0.3) is 0 Å². The Kier molecular flexibility index (Phi) is 9.36. The van der Waals surface area contributed by atoms with Crippen molar-refractivity contribution in [3.63, 3.8) is 0 Å². The summed E-state index contributed by atoms with van der Waals surface area (Å²) < 4.78 is 16.3. The molecule has 2 fully saturated rings. The molecule has 11 heteroatoms. The molecule has 1 amide bonds. The normalized spacial score (nSPS) is 19.3. The summed E-state index contributed by atoms with van der Waals surface area (Å²) in [5, 5.41) is 6.99. The number of carbonyl (C=O) groups is 2. The van der Waals surface area contributed by atoms with Crippen LogP contribution in [0.15, 0.2) is 5.11 Å². The lowest BCUT2D eigenvalue weighted by molar-refractivity contribution is -0.158. The van der Waals surface area contributed by atoms with E-state index in [4.69, 9.17) is 19.7 Å². The van der Waals surface area contributed by atoms with Crippen LogP contribution in [0.1, 0.15) is 40.5 Å². The molecule has 0 bridgehead atoms. The molecule has 31 heavy (non-hydrogen) atoms. The van der Waals surface area contributed by atoms with Crippen LogP contribution in [0.3, 0.4) is 0 Å². The molecule has 176 valence electrons. The molecular weight excluding hydrogens is 404 g/mol. The van der Waals surface area contributed by atoms with Gasteiger partial charge in [0.05, 0.1) is 32.9 Å². The second kappa shape index (κ2) is 11.5. The standard InChI is InChI=1S/C20H36N6O5/c1-5-30-17(27)20(14-26(15-20)18(28)31-19(2,3)4)22-8-12-29-13-11-25-9-6-16(7-10-25)23-24-21/h16,22H,5-15H2,1-4H3. The third kappa shape index (κ3) is 7.84. The first-order valence-corrected chi connectivity index (χ1v) is 10.9. The van der Waals surface area contributed by atoms with E-state index in [1.807, 2.05) is 0 Å². The quantitative estimate of drug-likeness (QED) is 0.181. The summed E-state index contributed by atoms with van der Waals surface area (Å²) in [5.74, 6) is -0.363. The van der Waals surface area contributed by atoms with E-state index in [0.717, 1.165) is 32.5 Å². The first-order chi connectivity index (χ1) is 14.7. The van der Waals surface area contributed by atoms with E-state index >= 15 is 0 Å². The number of piperidine rings is 1. The third-order valence-electron chi connectivity index (χ3n) is 5.27. The fourth-order valence-corrected chi connectivity index (χ4v) is 3.63. The van der Waals surface area contributed by atoms with Gasteiger partial charge in [0.2, 0.25) is 0 Å². The second-order valence-corrected chi connectivity index (χ2v) is 8.96. The lowest BCUT2D eigenvalue weighted by Crippen LogP contribution is -2.75. The molecule has 0 atom stereocenters. The highest BCUT2D eigenvalue weighted by Crippen LogP contribution is 2.25. The number of rotatable bonds is 10. The molecule has 0 aromatic heterocycles. The summed E-state index contributed by atoms with van der Waals surface area (Å²) in [6, 6.07) is 0.105. The topological polar surface area (TPSA) is 129 Å². The van der Waals surface area contributed by atoms with Gasteiger partial charge in [0.15, 0.2) is 5.54 Å². The highest BCUT2D eigenvalue weighted by Gasteiger charge is 2.53. The highest BCUT2D eigenvalue weighted by molar-refractivity contribution is 5.86. The lowest BCUT2D eigenvalue weighted by Gasteiger charge is -2.48. The van der Waals surface area contributed by atoms with E-state index in [0.29, 0.717) is 19.8 Å². The van der Waals surface area contributed by atoms with Gasteiger partial charge in [-0.25, -0.2) is 9.59 Å². The smallest absolute Gasteiger partial charge is 0.410 e. The van der Waals surface area contributed by atoms with E-state index < -0.39 is 17.2 Å². The fraction of sp³-hybridized carbons (Fsp3) is 0.900. The first-order valence-electron chi connectivity index (χ1n) is 10.9. The van der Waals surface area contributed by atoms with E-state index in [1.165, 1.54) is 4.90 Å². The minimum absolute atomic E-state index is 0.105. The second-order valence-electron chi connectivity index (χ2n) is 8.96. The maximum atomic E-state index is 12.5. The highest BCUT2D eigenvalue weighted by atomic mass is 16.6. The third-order valence-corrected chi connectivity index (χ3v) is 5.27. The van der Waals surface area contributed by atoms with Gasteiger partial charge in [-0.2, -0.15) is 0 Å². The van der Waals surface area contributed by atoms with Crippen LogP contribution < -0.4 is 5.32 Å². The van der Waals surface area contributed by atoms with Crippen LogP contribution in [-0.4, -0.2) is 98.1 Å². The zero-order chi connectivity index (χ0) is 22.9. The maximum Gasteiger partial charge on any atom is 0.410 e. The average Bonchev–Trinajstić information content (AvgIpc) is 2.66. The molecule has 1 N–H and O–H groups in total. The van der Waals surface area contributed by atoms with E-state index in [-0.39, 0.29) is 31.7 Å². The number of hydrogen-bond donors (Lipinski definition) is 1. The summed E-state index contributed by atoms with van der Waals surface area (Å²) in [6.07, 6.45) is 1.32. The van der Waals surface area contributed by atoms with Gasteiger partial charge >= 0.3 is 12.1 Å². The molecule has 0 radical (unpaired) electrons. The van der Waals surface area contributed by atoms with Crippen molar-refractivity contribution < 1.29 is 23.8 Å². The minimum atomic E-state index is -0.917. The Morgan fingerprint density at radius 2 is 1.90 bits per heavy atom. The molecule has 2 saturated heterocycles. The molecular formula is C20H36N6O5. The Labute approximate surface area is 184 Å². The van der Waals surface area contributed by atoms with Crippen LogP contribution in [0.25, 0.3) is 10.4 Å². The Hall–Kier alpha value is -2.07. The zero-order valence-electron chi connectivity index (χ0n) is 19.1. The predicted molar refractivity (Wildman–Crippen MR) is 115 cm³/mol.